The van der Waals surface area contributed by atoms with E-state index >= 15 is 0 Å². The van der Waals surface area contributed by atoms with Gasteiger partial charge in [-0.3, -0.25) is 9.59 Å². The molecule has 31 heavy (non-hydrogen) atoms. The van der Waals surface area contributed by atoms with Gasteiger partial charge < -0.3 is 4.74 Å². The second-order valence-electron chi connectivity index (χ2n) is 8.84. The number of para-hydroxylation sites is 1. The third-order valence-electron chi connectivity index (χ3n) is 7.18. The predicted octanol–water partition coefficient (Wildman–Crippen LogP) is 4.42. The number of carbonyl (C=O) groups excluding carboxylic acids is 2. The molecule has 1 heterocycles. The van der Waals surface area contributed by atoms with E-state index < -0.39 is 0 Å². The highest BCUT2D eigenvalue weighted by Gasteiger charge is 2.67. The average molecular weight is 477 g/mol. The Labute approximate surface area is 188 Å². The number of nitrogens with zero attached hydrogens (tertiary/aromatic N) is 2. The van der Waals surface area contributed by atoms with Crippen LogP contribution in [0.15, 0.2) is 70.3 Å². The third kappa shape index (κ3) is 3.07. The summed E-state index contributed by atoms with van der Waals surface area (Å²) in [7, 11) is 0. The standard InChI is InChI=1S/C25H21BrN2O3/c26-16-7-5-14(6-8-16)13-31-21-4-2-1-3-15(21)12-27-28-24(29)22-17-9-10-18(20-11-19(17)20)23(22)25(28)30/h1-10,12,17-20,22-23H,11,13H2/b27-12-/t17-,18+,19-,20+,22-,23+. The number of rotatable bonds is 5. The smallest absolute Gasteiger partial charge is 0.254 e. The second-order valence-corrected chi connectivity index (χ2v) is 9.76. The van der Waals surface area contributed by atoms with Crippen molar-refractivity contribution in [3.05, 3.63) is 76.3 Å². The van der Waals surface area contributed by atoms with Gasteiger partial charge in [0, 0.05) is 10.0 Å². The summed E-state index contributed by atoms with van der Waals surface area (Å²) >= 11 is 3.43. The molecule has 2 amide bonds. The van der Waals surface area contributed by atoms with Gasteiger partial charge in [-0.2, -0.15) is 10.1 Å². The summed E-state index contributed by atoms with van der Waals surface area (Å²) in [6, 6.07) is 15.5. The lowest BCUT2D eigenvalue weighted by Crippen LogP contribution is -2.40. The van der Waals surface area contributed by atoms with E-state index in [1.165, 1.54) is 0 Å². The largest absolute Gasteiger partial charge is 0.488 e. The van der Waals surface area contributed by atoms with Gasteiger partial charge in [0.25, 0.3) is 11.8 Å². The fourth-order valence-electron chi connectivity index (χ4n) is 5.64. The Hall–Kier alpha value is -2.73. The summed E-state index contributed by atoms with van der Waals surface area (Å²) in [5, 5.41) is 5.45. The fourth-order valence-corrected chi connectivity index (χ4v) is 5.90. The lowest BCUT2D eigenvalue weighted by Gasteiger charge is -2.37. The quantitative estimate of drug-likeness (QED) is 0.364. The normalized spacial score (nSPS) is 32.5. The molecule has 2 aromatic carbocycles. The summed E-state index contributed by atoms with van der Waals surface area (Å²) < 4.78 is 7.00. The summed E-state index contributed by atoms with van der Waals surface area (Å²) in [5.41, 5.74) is 1.78. The highest BCUT2D eigenvalue weighted by Crippen LogP contribution is 2.65. The predicted molar refractivity (Wildman–Crippen MR) is 119 cm³/mol. The van der Waals surface area contributed by atoms with Crippen molar-refractivity contribution in [3.63, 3.8) is 0 Å². The first kappa shape index (κ1) is 19.0. The van der Waals surface area contributed by atoms with Gasteiger partial charge in [0.2, 0.25) is 0 Å². The number of allylic oxidation sites excluding steroid dienone is 2. The van der Waals surface area contributed by atoms with E-state index in [1.807, 2.05) is 48.5 Å². The van der Waals surface area contributed by atoms with E-state index in [1.54, 1.807) is 6.21 Å². The highest BCUT2D eigenvalue weighted by molar-refractivity contribution is 9.10. The molecule has 0 radical (unpaired) electrons. The Bertz CT molecular complexity index is 1090. The molecule has 5 nitrogen and oxygen atoms in total. The molecule has 1 aliphatic heterocycles. The highest BCUT2D eigenvalue weighted by atomic mass is 79.9. The van der Waals surface area contributed by atoms with Crippen LogP contribution in [0.25, 0.3) is 0 Å². The van der Waals surface area contributed by atoms with Crippen LogP contribution < -0.4 is 4.74 Å². The van der Waals surface area contributed by atoms with Crippen molar-refractivity contribution in [1.29, 1.82) is 0 Å². The maximum absolute atomic E-state index is 13.1. The van der Waals surface area contributed by atoms with Gasteiger partial charge in [0.05, 0.1) is 18.1 Å². The zero-order chi connectivity index (χ0) is 21.1. The van der Waals surface area contributed by atoms with Crippen molar-refractivity contribution >= 4 is 34.0 Å². The van der Waals surface area contributed by atoms with Gasteiger partial charge in [0.15, 0.2) is 0 Å². The Morgan fingerprint density at radius 2 is 1.61 bits per heavy atom. The molecule has 5 aliphatic rings. The summed E-state index contributed by atoms with van der Waals surface area (Å²) in [4.78, 5) is 26.1. The molecule has 2 aromatic rings. The van der Waals surface area contributed by atoms with E-state index in [4.69, 9.17) is 4.74 Å². The third-order valence-corrected chi connectivity index (χ3v) is 7.71. The van der Waals surface area contributed by atoms with Crippen LogP contribution in [0.3, 0.4) is 0 Å². The minimum absolute atomic E-state index is 0.149. The molecule has 0 N–H and O–H groups in total. The van der Waals surface area contributed by atoms with Crippen LogP contribution in [0.2, 0.25) is 0 Å². The zero-order valence-electron chi connectivity index (χ0n) is 16.7. The van der Waals surface area contributed by atoms with Gasteiger partial charge >= 0.3 is 0 Å². The van der Waals surface area contributed by atoms with Crippen molar-refractivity contribution in [2.45, 2.75) is 13.0 Å². The minimum Gasteiger partial charge on any atom is -0.488 e. The summed E-state index contributed by atoms with van der Waals surface area (Å²) in [5.74, 6) is 1.49. The van der Waals surface area contributed by atoms with Crippen molar-refractivity contribution in [1.82, 2.24) is 5.01 Å². The number of ether oxygens (including phenoxy) is 1. The van der Waals surface area contributed by atoms with Crippen LogP contribution in [0.1, 0.15) is 17.5 Å². The lowest BCUT2D eigenvalue weighted by atomic mass is 9.63. The lowest BCUT2D eigenvalue weighted by molar-refractivity contribution is -0.140. The average Bonchev–Trinajstić information content (AvgIpc) is 3.57. The molecule has 3 fully saturated rings. The topological polar surface area (TPSA) is 59.0 Å². The summed E-state index contributed by atoms with van der Waals surface area (Å²) in [6.07, 6.45) is 7.07. The Morgan fingerprint density at radius 3 is 2.29 bits per heavy atom. The maximum atomic E-state index is 13.1. The number of halogens is 1. The summed E-state index contributed by atoms with van der Waals surface area (Å²) in [6.45, 7) is 0.418. The molecule has 0 spiro atoms. The van der Waals surface area contributed by atoms with Gasteiger partial charge in [-0.05, 0) is 59.9 Å². The molecular formula is C25H21BrN2O3. The fraction of sp³-hybridized carbons (Fsp3) is 0.320. The van der Waals surface area contributed by atoms with Crippen molar-refractivity contribution < 1.29 is 14.3 Å². The first-order valence-electron chi connectivity index (χ1n) is 10.7. The Kier molecular flexibility index (Phi) is 4.39. The number of benzene rings is 2. The van der Waals surface area contributed by atoms with Gasteiger partial charge in [-0.25, -0.2) is 0 Å². The minimum atomic E-state index is -0.229. The van der Waals surface area contributed by atoms with Crippen molar-refractivity contribution in [3.8, 4) is 5.75 Å². The van der Waals surface area contributed by atoms with Crippen LogP contribution in [-0.2, 0) is 16.2 Å². The van der Waals surface area contributed by atoms with Crippen molar-refractivity contribution in [2.75, 3.05) is 0 Å². The maximum Gasteiger partial charge on any atom is 0.254 e. The monoisotopic (exact) mass is 476 g/mol. The van der Waals surface area contributed by atoms with E-state index in [0.717, 1.165) is 27.0 Å². The van der Waals surface area contributed by atoms with Gasteiger partial charge in [-0.1, -0.05) is 52.3 Å². The molecule has 7 rings (SSSR count). The van der Waals surface area contributed by atoms with Crippen LogP contribution >= 0.6 is 15.9 Å². The number of imide groups is 1. The SMILES string of the molecule is O=C1[C@@H]2[C@@H]3C=C[C@@H]([C@@H]4C[C@H]34)[C@@H]2C(=O)N1/N=C\c1ccccc1OCc1ccc(Br)cc1. The number of hydrogen-bond acceptors (Lipinski definition) is 4. The second kappa shape index (κ2) is 7.16. The van der Waals surface area contributed by atoms with E-state index in [-0.39, 0.29) is 35.5 Å². The molecule has 1 saturated heterocycles. The Morgan fingerprint density at radius 1 is 0.968 bits per heavy atom. The number of hydrazone groups is 1. The van der Waals surface area contributed by atoms with Gasteiger partial charge in [0.1, 0.15) is 12.4 Å². The molecule has 2 bridgehead atoms. The number of hydrogen-bond donors (Lipinski definition) is 0. The van der Waals surface area contributed by atoms with E-state index in [0.29, 0.717) is 24.2 Å². The van der Waals surface area contributed by atoms with Crippen molar-refractivity contribution in [2.24, 2.45) is 40.6 Å². The van der Waals surface area contributed by atoms with E-state index in [9.17, 15) is 9.59 Å². The zero-order valence-corrected chi connectivity index (χ0v) is 18.3. The molecule has 2 saturated carbocycles. The van der Waals surface area contributed by atoms with Gasteiger partial charge in [-0.15, -0.1) is 0 Å². The molecular weight excluding hydrogens is 456 g/mol. The van der Waals surface area contributed by atoms with Crippen LogP contribution in [-0.4, -0.2) is 23.0 Å². The molecule has 0 aromatic heterocycles. The molecule has 6 atom stereocenters. The molecule has 0 unspecified atom stereocenters. The molecule has 4 aliphatic carbocycles. The van der Waals surface area contributed by atoms with E-state index in [2.05, 4.69) is 33.2 Å². The first-order chi connectivity index (χ1) is 15.1. The van der Waals surface area contributed by atoms with Crippen LogP contribution in [0.4, 0.5) is 0 Å². The van der Waals surface area contributed by atoms with Crippen LogP contribution in [0.5, 0.6) is 5.75 Å². The Balaban J connectivity index is 1.21. The van der Waals surface area contributed by atoms with Crippen LogP contribution in [0, 0.1) is 35.5 Å². The molecule has 6 heteroatoms. The molecule has 156 valence electrons. The first-order valence-corrected chi connectivity index (χ1v) is 11.5. The number of amides is 2. The number of carbonyl (C=O) groups is 2.